The zero-order valence-corrected chi connectivity index (χ0v) is 7.56. The summed E-state index contributed by atoms with van der Waals surface area (Å²) in [6.45, 7) is 0. The maximum absolute atomic E-state index is 12.3. The molecule has 0 fully saturated rings. The number of hydrogen-bond donors (Lipinski definition) is 1. The molecule has 0 radical (unpaired) electrons. The highest BCUT2D eigenvalue weighted by molar-refractivity contribution is 7.29. The average Bonchev–Trinajstić information content (AvgIpc) is 2.46. The fourth-order valence-corrected chi connectivity index (χ4v) is 2.04. The van der Waals surface area contributed by atoms with Gasteiger partial charge in [0.1, 0.15) is 5.52 Å². The number of nitrogens with zero attached hydrogens (tertiary/aromatic N) is 1. The zero-order chi connectivity index (χ0) is 10.3. The van der Waals surface area contributed by atoms with Gasteiger partial charge in [-0.3, -0.25) is 0 Å². The van der Waals surface area contributed by atoms with Crippen LogP contribution >= 0.6 is 10.8 Å². The third kappa shape index (κ3) is 1.46. The smallest absolute Gasteiger partial charge is 0.197 e. The van der Waals surface area contributed by atoms with E-state index >= 15 is 0 Å². The Morgan fingerprint density at radius 2 is 2.00 bits per heavy atom. The largest absolute Gasteiger partial charge is 0.416 e. The van der Waals surface area contributed by atoms with Gasteiger partial charge < -0.3 is 0 Å². The average molecular weight is 220 g/mol. The van der Waals surface area contributed by atoms with Crippen molar-refractivity contribution in [3.63, 3.8) is 0 Å². The molecule has 0 aliphatic rings. The molecule has 2 nitrogen and oxygen atoms in total. The van der Waals surface area contributed by atoms with Gasteiger partial charge in [-0.2, -0.15) is 22.7 Å². The fourth-order valence-electron chi connectivity index (χ4n) is 1.13. The Hall–Kier alpha value is -1.14. The molecule has 2 aromatic rings. The number of alkyl halides is 3. The Kier molecular flexibility index (Phi) is 1.97. The van der Waals surface area contributed by atoms with Gasteiger partial charge in [0.15, 0.2) is 10.8 Å². The third-order valence-electron chi connectivity index (χ3n) is 1.80. The number of rotatable bonds is 0. The molecule has 0 aliphatic heterocycles. The highest BCUT2D eigenvalue weighted by Crippen LogP contribution is 2.34. The lowest BCUT2D eigenvalue weighted by atomic mass is 10.2. The van der Waals surface area contributed by atoms with Crippen LogP contribution in [0.15, 0.2) is 23.7 Å². The first-order chi connectivity index (χ1) is 6.48. The molecule has 0 amide bonds. The summed E-state index contributed by atoms with van der Waals surface area (Å²) < 4.78 is 46.3. The molecule has 1 aromatic heterocycles. The summed E-state index contributed by atoms with van der Waals surface area (Å²) in [7, 11) is -1.28. The van der Waals surface area contributed by atoms with Crippen molar-refractivity contribution in [2.45, 2.75) is 6.18 Å². The number of thiazole rings is 1. The van der Waals surface area contributed by atoms with Crippen molar-refractivity contribution in [1.82, 2.24) is 4.98 Å². The second kappa shape index (κ2) is 2.93. The van der Waals surface area contributed by atoms with E-state index in [0.717, 1.165) is 12.1 Å². The van der Waals surface area contributed by atoms with Gasteiger partial charge in [0.05, 0.1) is 5.56 Å². The van der Waals surface area contributed by atoms with Crippen molar-refractivity contribution in [2.24, 2.45) is 0 Å². The van der Waals surface area contributed by atoms with Gasteiger partial charge in [-0.1, -0.05) is 0 Å². The van der Waals surface area contributed by atoms with Crippen LogP contribution in [-0.4, -0.2) is 9.54 Å². The van der Waals surface area contributed by atoms with Gasteiger partial charge in [-0.25, -0.2) is 0 Å². The van der Waals surface area contributed by atoms with Crippen LogP contribution in [0.5, 0.6) is 0 Å². The topological polar surface area (TPSA) is 33.1 Å². The lowest BCUT2D eigenvalue weighted by Crippen LogP contribution is -2.03. The van der Waals surface area contributed by atoms with E-state index in [-0.39, 0.29) is 4.70 Å². The van der Waals surface area contributed by atoms with E-state index in [1.165, 1.54) is 11.6 Å². The Bertz CT molecular complexity index is 477. The summed E-state index contributed by atoms with van der Waals surface area (Å²) in [6, 6.07) is 3.15. The fraction of sp³-hybridized carbons (Fsp3) is 0.125. The minimum Gasteiger partial charge on any atom is -0.197 e. The zero-order valence-electron chi connectivity index (χ0n) is 6.75. The quantitative estimate of drug-likeness (QED) is 0.692. The minimum atomic E-state index is -4.37. The summed E-state index contributed by atoms with van der Waals surface area (Å²) in [6.07, 6.45) is -4.37. The lowest BCUT2D eigenvalue weighted by molar-refractivity contribution is -0.137. The van der Waals surface area contributed by atoms with E-state index in [0.29, 0.717) is 5.52 Å². The number of benzene rings is 1. The predicted octanol–water partition coefficient (Wildman–Crippen LogP) is 3.14. The molecule has 6 heteroatoms. The van der Waals surface area contributed by atoms with Crippen LogP contribution in [0.4, 0.5) is 13.2 Å². The molecule has 1 N–H and O–H groups in total. The first-order valence-electron chi connectivity index (χ1n) is 3.66. The molecule has 0 saturated heterocycles. The molecular weight excluding hydrogens is 215 g/mol. The van der Waals surface area contributed by atoms with Crippen molar-refractivity contribution in [3.05, 3.63) is 29.3 Å². The summed E-state index contributed by atoms with van der Waals surface area (Å²) in [5.41, 5.74) is 0.891. The monoisotopic (exact) mass is 220 g/mol. The van der Waals surface area contributed by atoms with E-state index in [2.05, 4.69) is 4.98 Å². The standard InChI is InChI=1S/C8H5F3NOS/c9-8(10,11)5-1-2-6-7(3-5)14(13)4-12-6/h1-4,13H/q+1. The normalized spacial score (nSPS) is 13.6. The van der Waals surface area contributed by atoms with Gasteiger partial charge in [-0.15, -0.1) is 0 Å². The van der Waals surface area contributed by atoms with Crippen LogP contribution in [0.25, 0.3) is 10.2 Å². The van der Waals surface area contributed by atoms with Crippen molar-refractivity contribution in [2.75, 3.05) is 0 Å². The molecule has 0 spiro atoms. The molecule has 1 heterocycles. The Morgan fingerprint density at radius 1 is 1.29 bits per heavy atom. The number of halogens is 3. The third-order valence-corrected chi connectivity index (χ3v) is 2.89. The van der Waals surface area contributed by atoms with Crippen LogP contribution in [0.1, 0.15) is 5.56 Å². The molecule has 14 heavy (non-hydrogen) atoms. The van der Waals surface area contributed by atoms with Crippen LogP contribution in [-0.2, 0) is 6.18 Å². The van der Waals surface area contributed by atoms with E-state index in [1.807, 2.05) is 0 Å². The minimum absolute atomic E-state index is 0.236. The summed E-state index contributed by atoms with van der Waals surface area (Å²) >= 11 is 0. The first-order valence-corrected chi connectivity index (χ1v) is 4.90. The van der Waals surface area contributed by atoms with Gasteiger partial charge in [0, 0.05) is 6.07 Å². The van der Waals surface area contributed by atoms with E-state index in [9.17, 15) is 17.7 Å². The van der Waals surface area contributed by atoms with Crippen LogP contribution < -0.4 is 0 Å². The lowest BCUT2D eigenvalue weighted by Gasteiger charge is -2.03. The molecule has 0 saturated carbocycles. The molecule has 74 valence electrons. The molecule has 2 rings (SSSR count). The number of fused-ring (bicyclic) bond motifs is 1. The SMILES string of the molecule is O[s+]1cnc2ccc(C(F)(F)F)cc21. The van der Waals surface area contributed by atoms with Gasteiger partial charge in [0.25, 0.3) is 5.51 Å². The molecular formula is C8H5F3NOS+. The van der Waals surface area contributed by atoms with Crippen molar-refractivity contribution in [3.8, 4) is 0 Å². The Balaban J connectivity index is 2.66. The second-order valence-corrected chi connectivity index (χ2v) is 4.01. The van der Waals surface area contributed by atoms with Gasteiger partial charge >= 0.3 is 6.18 Å². The van der Waals surface area contributed by atoms with Crippen LogP contribution in [0, 0.1) is 0 Å². The molecule has 0 aliphatic carbocycles. The molecule has 1 atom stereocenters. The Morgan fingerprint density at radius 3 is 2.64 bits per heavy atom. The number of hydrogen-bond acceptors (Lipinski definition) is 2. The highest BCUT2D eigenvalue weighted by Gasteiger charge is 2.32. The molecule has 1 aromatic carbocycles. The van der Waals surface area contributed by atoms with Crippen molar-refractivity contribution in [1.29, 1.82) is 0 Å². The summed E-state index contributed by atoms with van der Waals surface area (Å²) in [5, 5.41) is 0. The van der Waals surface area contributed by atoms with E-state index < -0.39 is 22.5 Å². The van der Waals surface area contributed by atoms with E-state index in [1.54, 1.807) is 0 Å². The number of aromatic nitrogens is 1. The maximum Gasteiger partial charge on any atom is 0.416 e. The van der Waals surface area contributed by atoms with Crippen LogP contribution in [0.3, 0.4) is 0 Å². The molecule has 0 bridgehead atoms. The maximum atomic E-state index is 12.3. The van der Waals surface area contributed by atoms with Gasteiger partial charge in [0.2, 0.25) is 4.70 Å². The highest BCUT2D eigenvalue weighted by atomic mass is 32.2. The second-order valence-electron chi connectivity index (χ2n) is 2.73. The molecule has 1 unspecified atom stereocenters. The summed E-state index contributed by atoms with van der Waals surface area (Å²) in [5.74, 6) is 0. The van der Waals surface area contributed by atoms with Crippen molar-refractivity contribution >= 4 is 21.0 Å². The van der Waals surface area contributed by atoms with Crippen molar-refractivity contribution < 1.29 is 17.7 Å². The Labute approximate surface area is 79.8 Å². The van der Waals surface area contributed by atoms with Gasteiger partial charge in [-0.05, 0) is 12.1 Å². The summed E-state index contributed by atoms with van der Waals surface area (Å²) in [4.78, 5) is 3.77. The van der Waals surface area contributed by atoms with E-state index in [4.69, 9.17) is 0 Å². The first kappa shape index (κ1) is 9.42. The predicted molar refractivity (Wildman–Crippen MR) is 46.6 cm³/mol. The van der Waals surface area contributed by atoms with Crippen LogP contribution in [0.2, 0.25) is 0 Å².